The Labute approximate surface area is 113 Å². The van der Waals surface area contributed by atoms with Gasteiger partial charge in [0.25, 0.3) is 0 Å². The van der Waals surface area contributed by atoms with E-state index in [2.05, 4.69) is 0 Å². The average Bonchev–Trinajstić information content (AvgIpc) is 2.27. The zero-order chi connectivity index (χ0) is 14.5. The Bertz CT molecular complexity index is 431. The summed E-state index contributed by atoms with van der Waals surface area (Å²) in [5, 5.41) is 9.86. The summed E-state index contributed by atoms with van der Waals surface area (Å²) >= 11 is 0. The third kappa shape index (κ3) is 6.15. The van der Waals surface area contributed by atoms with Crippen LogP contribution in [0.5, 0.6) is 0 Å². The number of carbonyl (C=O) groups is 2. The molecule has 1 unspecified atom stereocenters. The number of hydrogen-bond donors (Lipinski definition) is 1. The van der Waals surface area contributed by atoms with Crippen LogP contribution in [0, 0.1) is 0 Å². The van der Waals surface area contributed by atoms with Crippen molar-refractivity contribution >= 4 is 11.8 Å². The number of ether oxygens (including phenoxy) is 1. The molecule has 0 fully saturated rings. The van der Waals surface area contributed by atoms with E-state index in [1.807, 2.05) is 6.07 Å². The highest BCUT2D eigenvalue weighted by Crippen LogP contribution is 2.17. The summed E-state index contributed by atoms with van der Waals surface area (Å²) in [5.74, 6) is -0.886. The monoisotopic (exact) mass is 264 g/mol. The molecule has 0 saturated carbocycles. The van der Waals surface area contributed by atoms with E-state index in [1.165, 1.54) is 0 Å². The summed E-state index contributed by atoms with van der Waals surface area (Å²) in [4.78, 5) is 23.1. The minimum atomic E-state index is -0.879. The summed E-state index contributed by atoms with van der Waals surface area (Å²) in [7, 11) is 0. The Balaban J connectivity index is 2.46. The molecule has 1 N–H and O–H groups in total. The van der Waals surface area contributed by atoms with E-state index >= 15 is 0 Å². The number of esters is 1. The normalized spacial score (nSPS) is 12.8. The van der Waals surface area contributed by atoms with Gasteiger partial charge in [-0.3, -0.25) is 9.59 Å². The van der Waals surface area contributed by atoms with Gasteiger partial charge < -0.3 is 9.84 Å². The van der Waals surface area contributed by atoms with Gasteiger partial charge in [-0.2, -0.15) is 0 Å². The Morgan fingerprint density at radius 3 is 2.32 bits per heavy atom. The van der Waals surface area contributed by atoms with Crippen LogP contribution in [0.25, 0.3) is 0 Å². The number of carbonyl (C=O) groups excluding carboxylic acids is 2. The molecule has 1 atom stereocenters. The summed E-state index contributed by atoms with van der Waals surface area (Å²) in [6, 6.07) is 8.89. The molecule has 0 heterocycles. The molecule has 19 heavy (non-hydrogen) atoms. The lowest BCUT2D eigenvalue weighted by molar-refractivity contribution is -0.156. The number of benzene rings is 1. The van der Waals surface area contributed by atoms with Crippen LogP contribution in [0.4, 0.5) is 0 Å². The first-order valence-electron chi connectivity index (χ1n) is 6.24. The average molecular weight is 264 g/mol. The van der Waals surface area contributed by atoms with Crippen LogP contribution < -0.4 is 0 Å². The fraction of sp³-hybridized carbons (Fsp3) is 0.467. The second-order valence-corrected chi connectivity index (χ2v) is 5.43. The number of rotatable bonds is 5. The molecule has 104 valence electrons. The molecular formula is C15H20O4. The number of aliphatic hydroxyl groups is 1. The molecule has 1 aromatic rings. The maximum absolute atomic E-state index is 11.7. The first-order chi connectivity index (χ1) is 8.78. The zero-order valence-corrected chi connectivity index (χ0v) is 11.6. The van der Waals surface area contributed by atoms with Crippen molar-refractivity contribution in [3.63, 3.8) is 0 Å². The molecule has 0 aliphatic heterocycles. The Morgan fingerprint density at radius 2 is 1.79 bits per heavy atom. The van der Waals surface area contributed by atoms with Crippen LogP contribution in [0.2, 0.25) is 0 Å². The fourth-order valence-corrected chi connectivity index (χ4v) is 1.62. The topological polar surface area (TPSA) is 63.6 Å². The molecule has 0 aliphatic carbocycles. The highest BCUT2D eigenvalue weighted by Gasteiger charge is 2.20. The molecule has 0 aliphatic rings. The third-order valence-electron chi connectivity index (χ3n) is 2.37. The van der Waals surface area contributed by atoms with Crippen molar-refractivity contribution in [2.45, 2.75) is 45.3 Å². The predicted molar refractivity (Wildman–Crippen MR) is 71.5 cm³/mol. The van der Waals surface area contributed by atoms with E-state index in [0.29, 0.717) is 5.56 Å². The van der Waals surface area contributed by atoms with E-state index in [9.17, 15) is 14.7 Å². The number of ketones is 1. The summed E-state index contributed by atoms with van der Waals surface area (Å²) in [5.41, 5.74) is 0.0649. The van der Waals surface area contributed by atoms with Crippen LogP contribution in [-0.2, 0) is 14.3 Å². The fourth-order valence-electron chi connectivity index (χ4n) is 1.62. The molecule has 0 radical (unpaired) electrons. The summed E-state index contributed by atoms with van der Waals surface area (Å²) in [6.45, 7) is 5.23. The van der Waals surface area contributed by atoms with Gasteiger partial charge >= 0.3 is 5.97 Å². The molecule has 0 saturated heterocycles. The summed E-state index contributed by atoms with van der Waals surface area (Å²) in [6.07, 6.45) is -1.26. The molecule has 4 heteroatoms. The maximum atomic E-state index is 11.7. The van der Waals surface area contributed by atoms with E-state index in [-0.39, 0.29) is 18.6 Å². The lowest BCUT2D eigenvalue weighted by atomic mass is 10.0. The van der Waals surface area contributed by atoms with Gasteiger partial charge in [0, 0.05) is 6.42 Å². The second kappa shape index (κ2) is 6.48. The molecule has 0 spiro atoms. The van der Waals surface area contributed by atoms with Crippen LogP contribution >= 0.6 is 0 Å². The van der Waals surface area contributed by atoms with Crippen molar-refractivity contribution in [3.05, 3.63) is 35.9 Å². The van der Waals surface area contributed by atoms with E-state index in [4.69, 9.17) is 4.74 Å². The van der Waals surface area contributed by atoms with Gasteiger partial charge in [-0.15, -0.1) is 0 Å². The number of hydrogen-bond acceptors (Lipinski definition) is 4. The molecule has 0 aromatic heterocycles. The highest BCUT2D eigenvalue weighted by atomic mass is 16.6. The van der Waals surface area contributed by atoms with Crippen molar-refractivity contribution in [1.29, 1.82) is 0 Å². The van der Waals surface area contributed by atoms with E-state index < -0.39 is 17.7 Å². The van der Waals surface area contributed by atoms with Gasteiger partial charge in [0.05, 0.1) is 6.10 Å². The van der Waals surface area contributed by atoms with Crippen molar-refractivity contribution in [2.24, 2.45) is 0 Å². The SMILES string of the molecule is CC(C)(C)OC(=O)CC(=O)CC(O)c1ccccc1. The maximum Gasteiger partial charge on any atom is 0.313 e. The second-order valence-electron chi connectivity index (χ2n) is 5.43. The van der Waals surface area contributed by atoms with Gasteiger partial charge in [0.15, 0.2) is 0 Å². The Kier molecular flexibility index (Phi) is 5.24. The van der Waals surface area contributed by atoms with Gasteiger partial charge in [-0.05, 0) is 26.3 Å². The molecule has 4 nitrogen and oxygen atoms in total. The summed E-state index contributed by atoms with van der Waals surface area (Å²) < 4.78 is 5.05. The van der Waals surface area contributed by atoms with Crippen LogP contribution in [0.3, 0.4) is 0 Å². The molecule has 1 aromatic carbocycles. The van der Waals surface area contributed by atoms with Gasteiger partial charge in [-0.25, -0.2) is 0 Å². The smallest absolute Gasteiger partial charge is 0.313 e. The minimum Gasteiger partial charge on any atom is -0.460 e. The third-order valence-corrected chi connectivity index (χ3v) is 2.37. The largest absolute Gasteiger partial charge is 0.460 e. The highest BCUT2D eigenvalue weighted by molar-refractivity contribution is 5.95. The van der Waals surface area contributed by atoms with Crippen molar-refractivity contribution < 1.29 is 19.4 Å². The first-order valence-corrected chi connectivity index (χ1v) is 6.24. The first kappa shape index (κ1) is 15.4. The molecular weight excluding hydrogens is 244 g/mol. The Morgan fingerprint density at radius 1 is 1.21 bits per heavy atom. The lowest BCUT2D eigenvalue weighted by Crippen LogP contribution is -2.25. The zero-order valence-electron chi connectivity index (χ0n) is 11.6. The van der Waals surface area contributed by atoms with Crippen molar-refractivity contribution in [1.82, 2.24) is 0 Å². The van der Waals surface area contributed by atoms with Crippen LogP contribution in [-0.4, -0.2) is 22.5 Å². The van der Waals surface area contributed by atoms with Gasteiger partial charge in [0.1, 0.15) is 17.8 Å². The van der Waals surface area contributed by atoms with Crippen molar-refractivity contribution in [2.75, 3.05) is 0 Å². The number of Topliss-reactive ketones (excluding diaryl/α,β-unsaturated/α-hetero) is 1. The molecule has 0 bridgehead atoms. The quantitative estimate of drug-likeness (QED) is 0.655. The van der Waals surface area contributed by atoms with Crippen molar-refractivity contribution in [3.8, 4) is 0 Å². The predicted octanol–water partition coefficient (Wildman–Crippen LogP) is 2.41. The standard InChI is InChI=1S/C15H20O4/c1-15(2,3)19-14(18)10-12(16)9-13(17)11-7-5-4-6-8-11/h4-8,13,17H,9-10H2,1-3H3. The molecule has 1 rings (SSSR count). The van der Waals surface area contributed by atoms with E-state index in [1.54, 1.807) is 45.0 Å². The lowest BCUT2D eigenvalue weighted by Gasteiger charge is -2.19. The molecule has 0 amide bonds. The van der Waals surface area contributed by atoms with E-state index in [0.717, 1.165) is 0 Å². The van der Waals surface area contributed by atoms with Crippen LogP contribution in [0.1, 0.15) is 45.3 Å². The minimum absolute atomic E-state index is 0.0801. The Hall–Kier alpha value is -1.68. The van der Waals surface area contributed by atoms with Gasteiger partial charge in [-0.1, -0.05) is 30.3 Å². The van der Waals surface area contributed by atoms with Crippen LogP contribution in [0.15, 0.2) is 30.3 Å². The van der Waals surface area contributed by atoms with Gasteiger partial charge in [0.2, 0.25) is 0 Å². The number of aliphatic hydroxyl groups excluding tert-OH is 1.